The molecule has 0 aliphatic carbocycles. The van der Waals surface area contributed by atoms with E-state index in [1.807, 2.05) is 54.6 Å². The van der Waals surface area contributed by atoms with Gasteiger partial charge in [0.25, 0.3) is 0 Å². The average molecular weight is 371 g/mol. The quantitative estimate of drug-likeness (QED) is 0.586. The molecule has 1 N–H and O–H groups in total. The van der Waals surface area contributed by atoms with Crippen LogP contribution in [0.2, 0.25) is 0 Å². The highest BCUT2D eigenvalue weighted by Crippen LogP contribution is 2.31. The molecule has 2 nitrogen and oxygen atoms in total. The van der Waals surface area contributed by atoms with Gasteiger partial charge in [-0.1, -0.05) is 60.7 Å². The molecule has 0 spiro atoms. The third-order valence-electron chi connectivity index (χ3n) is 4.14. The third kappa shape index (κ3) is 5.59. The molecule has 0 saturated heterocycles. The van der Waals surface area contributed by atoms with E-state index in [-0.39, 0.29) is 12.1 Å². The predicted molar refractivity (Wildman–Crippen MR) is 99.2 cm³/mol. The van der Waals surface area contributed by atoms with Crippen LogP contribution in [0.15, 0.2) is 78.9 Å². The Balaban J connectivity index is 1.51. The van der Waals surface area contributed by atoms with Crippen LogP contribution in [-0.4, -0.2) is 0 Å². The number of nitrogens with one attached hydrogen (secondary N) is 1. The number of hydrogen-bond donors (Lipinski definition) is 1. The van der Waals surface area contributed by atoms with Crippen LogP contribution in [0.3, 0.4) is 0 Å². The van der Waals surface area contributed by atoms with Crippen LogP contribution >= 0.6 is 0 Å². The fourth-order valence-electron chi connectivity index (χ4n) is 2.74. The lowest BCUT2D eigenvalue weighted by atomic mass is 10.1. The van der Waals surface area contributed by atoms with Crippen LogP contribution in [0, 0.1) is 0 Å². The topological polar surface area (TPSA) is 21.3 Å². The number of benzene rings is 3. The zero-order valence-corrected chi connectivity index (χ0v) is 14.7. The summed E-state index contributed by atoms with van der Waals surface area (Å²) in [5.74, 6) is 0.755. The van der Waals surface area contributed by atoms with Crippen LogP contribution in [-0.2, 0) is 25.9 Å². The first-order chi connectivity index (χ1) is 13.0. The highest BCUT2D eigenvalue weighted by molar-refractivity contribution is 5.30. The molecule has 0 atom stereocenters. The molecule has 0 bridgehead atoms. The van der Waals surface area contributed by atoms with Gasteiger partial charge in [-0.3, -0.25) is 0 Å². The van der Waals surface area contributed by atoms with Gasteiger partial charge in [0.05, 0.1) is 5.56 Å². The second kappa shape index (κ2) is 8.73. The molecule has 3 aromatic rings. The van der Waals surface area contributed by atoms with Crippen molar-refractivity contribution in [2.24, 2.45) is 0 Å². The van der Waals surface area contributed by atoms with E-state index in [0.29, 0.717) is 13.2 Å². The minimum atomic E-state index is -4.34. The van der Waals surface area contributed by atoms with Gasteiger partial charge in [0.1, 0.15) is 12.4 Å². The van der Waals surface area contributed by atoms with Gasteiger partial charge in [0.15, 0.2) is 0 Å². The van der Waals surface area contributed by atoms with Crippen molar-refractivity contribution in [3.8, 4) is 5.75 Å². The molecule has 0 unspecified atom stereocenters. The largest absolute Gasteiger partial charge is 0.489 e. The van der Waals surface area contributed by atoms with E-state index in [2.05, 4.69) is 5.32 Å². The van der Waals surface area contributed by atoms with Gasteiger partial charge in [-0.25, -0.2) is 0 Å². The van der Waals surface area contributed by atoms with Crippen molar-refractivity contribution < 1.29 is 17.9 Å². The first-order valence-electron chi connectivity index (χ1n) is 8.64. The van der Waals surface area contributed by atoms with Gasteiger partial charge in [-0.2, -0.15) is 13.2 Å². The lowest BCUT2D eigenvalue weighted by Gasteiger charge is -2.13. The van der Waals surface area contributed by atoms with Crippen LogP contribution in [0.1, 0.15) is 22.3 Å². The normalized spacial score (nSPS) is 11.4. The maximum atomic E-state index is 13.0. The van der Waals surface area contributed by atoms with Crippen LogP contribution in [0.25, 0.3) is 0 Å². The van der Waals surface area contributed by atoms with Gasteiger partial charge in [-0.15, -0.1) is 0 Å². The van der Waals surface area contributed by atoms with Crippen molar-refractivity contribution in [3.63, 3.8) is 0 Å². The molecule has 0 heterocycles. The number of alkyl halides is 3. The van der Waals surface area contributed by atoms with E-state index in [4.69, 9.17) is 4.74 Å². The molecule has 0 aromatic heterocycles. The Hall–Kier alpha value is -2.79. The van der Waals surface area contributed by atoms with Gasteiger partial charge in [0.2, 0.25) is 0 Å². The Morgan fingerprint density at radius 2 is 1.37 bits per heavy atom. The average Bonchev–Trinajstić information content (AvgIpc) is 2.68. The lowest BCUT2D eigenvalue weighted by molar-refractivity contribution is -0.138. The van der Waals surface area contributed by atoms with Crippen LogP contribution in [0.5, 0.6) is 5.75 Å². The first kappa shape index (κ1) is 19.0. The Morgan fingerprint density at radius 1 is 0.704 bits per heavy atom. The summed E-state index contributed by atoms with van der Waals surface area (Å²) < 4.78 is 44.7. The number of ether oxygens (including phenoxy) is 1. The maximum Gasteiger partial charge on any atom is 0.416 e. The first-order valence-corrected chi connectivity index (χ1v) is 8.64. The molecule has 3 aromatic carbocycles. The summed E-state index contributed by atoms with van der Waals surface area (Å²) in [5, 5.41) is 3.07. The zero-order valence-electron chi connectivity index (χ0n) is 14.7. The Labute approximate surface area is 156 Å². The zero-order chi connectivity index (χ0) is 19.1. The van der Waals surface area contributed by atoms with Gasteiger partial charge in [0, 0.05) is 13.1 Å². The molecule has 0 radical (unpaired) electrons. The minimum absolute atomic E-state index is 0.155. The van der Waals surface area contributed by atoms with Crippen molar-refractivity contribution in [2.45, 2.75) is 25.9 Å². The summed E-state index contributed by atoms with van der Waals surface area (Å²) >= 11 is 0. The molecule has 0 saturated carbocycles. The molecule has 0 aliphatic rings. The highest BCUT2D eigenvalue weighted by atomic mass is 19.4. The Bertz CT molecular complexity index is 845. The Morgan fingerprint density at radius 3 is 2.07 bits per heavy atom. The minimum Gasteiger partial charge on any atom is -0.489 e. The summed E-state index contributed by atoms with van der Waals surface area (Å²) in [6, 6.07) is 23.0. The molecule has 140 valence electrons. The van der Waals surface area contributed by atoms with Crippen molar-refractivity contribution in [1.29, 1.82) is 0 Å². The van der Waals surface area contributed by atoms with Crippen molar-refractivity contribution in [1.82, 2.24) is 5.32 Å². The van der Waals surface area contributed by atoms with Gasteiger partial charge >= 0.3 is 6.18 Å². The van der Waals surface area contributed by atoms with E-state index in [9.17, 15) is 13.2 Å². The third-order valence-corrected chi connectivity index (χ3v) is 4.14. The summed E-state index contributed by atoms with van der Waals surface area (Å²) in [4.78, 5) is 0. The van der Waals surface area contributed by atoms with Crippen molar-refractivity contribution in [2.75, 3.05) is 0 Å². The molecule has 0 amide bonds. The molecular formula is C22H20F3NO. The van der Waals surface area contributed by atoms with Crippen molar-refractivity contribution >= 4 is 0 Å². The highest BCUT2D eigenvalue weighted by Gasteiger charge is 2.32. The van der Waals surface area contributed by atoms with E-state index >= 15 is 0 Å². The van der Waals surface area contributed by atoms with Gasteiger partial charge < -0.3 is 10.1 Å². The second-order valence-corrected chi connectivity index (χ2v) is 6.18. The standard InChI is InChI=1S/C22H20F3NO/c23-22(24,25)21-9-5-4-8-19(21)15-26-14-17-10-12-20(13-11-17)27-16-18-6-2-1-3-7-18/h1-13,26H,14-16H2. The molecule has 0 aliphatic heterocycles. The lowest BCUT2D eigenvalue weighted by Crippen LogP contribution is -2.17. The second-order valence-electron chi connectivity index (χ2n) is 6.18. The van der Waals surface area contributed by atoms with E-state index in [1.165, 1.54) is 12.1 Å². The van der Waals surface area contributed by atoms with E-state index < -0.39 is 11.7 Å². The molecular weight excluding hydrogens is 351 g/mol. The molecule has 5 heteroatoms. The van der Waals surface area contributed by atoms with Crippen LogP contribution < -0.4 is 10.1 Å². The maximum absolute atomic E-state index is 13.0. The molecule has 27 heavy (non-hydrogen) atoms. The number of rotatable bonds is 7. The Kier molecular flexibility index (Phi) is 6.14. The fraction of sp³-hybridized carbons (Fsp3) is 0.182. The number of halogens is 3. The van der Waals surface area contributed by atoms with Crippen molar-refractivity contribution in [3.05, 3.63) is 101 Å². The predicted octanol–water partition coefficient (Wildman–Crippen LogP) is 5.57. The summed E-state index contributed by atoms with van der Waals surface area (Å²) in [5.41, 5.74) is 1.72. The van der Waals surface area contributed by atoms with Crippen LogP contribution in [0.4, 0.5) is 13.2 Å². The monoisotopic (exact) mass is 371 g/mol. The van der Waals surface area contributed by atoms with E-state index in [1.54, 1.807) is 6.07 Å². The smallest absolute Gasteiger partial charge is 0.416 e. The fourth-order valence-corrected chi connectivity index (χ4v) is 2.74. The summed E-state index contributed by atoms with van der Waals surface area (Å²) in [7, 11) is 0. The summed E-state index contributed by atoms with van der Waals surface area (Å²) in [6.45, 7) is 1.12. The SMILES string of the molecule is FC(F)(F)c1ccccc1CNCc1ccc(OCc2ccccc2)cc1. The molecule has 0 fully saturated rings. The van der Waals surface area contributed by atoms with Gasteiger partial charge in [-0.05, 0) is 34.9 Å². The molecule has 3 rings (SSSR count). The van der Waals surface area contributed by atoms with E-state index in [0.717, 1.165) is 22.9 Å². The summed E-state index contributed by atoms with van der Waals surface area (Å²) in [6.07, 6.45) is -4.34. The number of hydrogen-bond acceptors (Lipinski definition) is 2.